The number of halogens is 1. The van der Waals surface area contributed by atoms with E-state index in [0.29, 0.717) is 5.02 Å². The number of imidazole rings is 1. The molecule has 0 aliphatic carbocycles. The van der Waals surface area contributed by atoms with E-state index < -0.39 is 0 Å². The van der Waals surface area contributed by atoms with E-state index in [9.17, 15) is 0 Å². The molecule has 0 aliphatic heterocycles. The van der Waals surface area contributed by atoms with E-state index in [1.54, 1.807) is 0 Å². The number of benzene rings is 2. The lowest BCUT2D eigenvalue weighted by molar-refractivity contribution is 0.834. The fourth-order valence-electron chi connectivity index (χ4n) is 4.20. The van der Waals surface area contributed by atoms with Crippen LogP contribution in [0.15, 0.2) is 66.9 Å². The van der Waals surface area contributed by atoms with Gasteiger partial charge < -0.3 is 5.32 Å². The molecule has 0 bridgehead atoms. The standard InChI is InChI=1S/C26H24ClN5/c1-16-10-12-22(17(2)14-16)28-26-25(29-23-13-11-20(27)15-31(23)26)24-18(3)30-32(19(24)4)21-8-6-5-7-9-21/h5-15,28H,1-4H3. The van der Waals surface area contributed by atoms with Crippen molar-refractivity contribution in [2.24, 2.45) is 0 Å². The van der Waals surface area contributed by atoms with Gasteiger partial charge in [-0.05, 0) is 63.6 Å². The van der Waals surface area contributed by atoms with E-state index in [2.05, 4.69) is 56.4 Å². The van der Waals surface area contributed by atoms with Crippen LogP contribution in [0.1, 0.15) is 22.5 Å². The van der Waals surface area contributed by atoms with Crippen molar-refractivity contribution in [1.82, 2.24) is 19.2 Å². The number of rotatable bonds is 4. The van der Waals surface area contributed by atoms with Gasteiger partial charge in [-0.1, -0.05) is 47.5 Å². The first-order valence-corrected chi connectivity index (χ1v) is 10.9. The Bertz CT molecular complexity index is 1450. The largest absolute Gasteiger partial charge is 0.339 e. The molecule has 0 aliphatic rings. The van der Waals surface area contributed by atoms with E-state index in [1.807, 2.05) is 52.5 Å². The van der Waals surface area contributed by atoms with Crippen molar-refractivity contribution in [3.05, 3.63) is 94.4 Å². The second-order valence-electron chi connectivity index (χ2n) is 8.12. The van der Waals surface area contributed by atoms with Crippen LogP contribution in [0.2, 0.25) is 5.02 Å². The molecule has 0 amide bonds. The van der Waals surface area contributed by atoms with Crippen molar-refractivity contribution < 1.29 is 0 Å². The molecular weight excluding hydrogens is 418 g/mol. The van der Waals surface area contributed by atoms with Crippen LogP contribution < -0.4 is 5.32 Å². The molecule has 0 saturated heterocycles. The molecule has 0 unspecified atom stereocenters. The normalized spacial score (nSPS) is 11.3. The van der Waals surface area contributed by atoms with Gasteiger partial charge >= 0.3 is 0 Å². The molecule has 6 heteroatoms. The number of aromatic nitrogens is 4. The number of aryl methyl sites for hydroxylation is 3. The maximum atomic E-state index is 6.35. The highest BCUT2D eigenvalue weighted by Gasteiger charge is 2.23. The zero-order valence-corrected chi connectivity index (χ0v) is 19.3. The molecule has 0 spiro atoms. The first-order chi connectivity index (χ1) is 15.4. The van der Waals surface area contributed by atoms with Crippen molar-refractivity contribution in [3.63, 3.8) is 0 Å². The van der Waals surface area contributed by atoms with Crippen LogP contribution in [0.25, 0.3) is 22.6 Å². The fraction of sp³-hybridized carbons (Fsp3) is 0.154. The summed E-state index contributed by atoms with van der Waals surface area (Å²) in [6.07, 6.45) is 1.89. The van der Waals surface area contributed by atoms with Crippen molar-refractivity contribution in [3.8, 4) is 16.9 Å². The SMILES string of the molecule is Cc1ccc(Nc2c(-c3c(C)nn(-c4ccccc4)c3C)nc3ccc(Cl)cn23)c(C)c1. The molecule has 5 nitrogen and oxygen atoms in total. The molecule has 3 heterocycles. The van der Waals surface area contributed by atoms with Crippen LogP contribution >= 0.6 is 11.6 Å². The van der Waals surface area contributed by atoms with Crippen LogP contribution in [0.5, 0.6) is 0 Å². The number of hydrogen-bond acceptors (Lipinski definition) is 3. The van der Waals surface area contributed by atoms with Gasteiger partial charge in [-0.25, -0.2) is 9.67 Å². The highest BCUT2D eigenvalue weighted by molar-refractivity contribution is 6.30. The summed E-state index contributed by atoms with van der Waals surface area (Å²) in [5, 5.41) is 9.11. The molecule has 0 atom stereocenters. The monoisotopic (exact) mass is 441 g/mol. The first-order valence-electron chi connectivity index (χ1n) is 10.6. The Morgan fingerprint density at radius 3 is 2.44 bits per heavy atom. The summed E-state index contributed by atoms with van der Waals surface area (Å²) in [4.78, 5) is 4.98. The Labute approximate surface area is 192 Å². The Balaban J connectivity index is 1.73. The molecule has 3 aromatic heterocycles. The topological polar surface area (TPSA) is 47.2 Å². The second kappa shape index (κ2) is 7.84. The molecule has 32 heavy (non-hydrogen) atoms. The number of anilines is 2. The Kier molecular flexibility index (Phi) is 4.98. The number of nitrogens with one attached hydrogen (secondary N) is 1. The minimum absolute atomic E-state index is 0.651. The summed E-state index contributed by atoms with van der Waals surface area (Å²) in [5.41, 5.74) is 9.09. The number of nitrogens with zero attached hydrogens (tertiary/aromatic N) is 4. The van der Waals surface area contributed by atoms with Crippen molar-refractivity contribution in [2.45, 2.75) is 27.7 Å². The molecule has 0 fully saturated rings. The summed E-state index contributed by atoms with van der Waals surface area (Å²) in [7, 11) is 0. The maximum Gasteiger partial charge on any atom is 0.143 e. The second-order valence-corrected chi connectivity index (χ2v) is 8.56. The first kappa shape index (κ1) is 20.3. The van der Waals surface area contributed by atoms with E-state index in [1.165, 1.54) is 11.1 Å². The van der Waals surface area contributed by atoms with Gasteiger partial charge in [0, 0.05) is 17.4 Å². The van der Waals surface area contributed by atoms with Gasteiger partial charge in [-0.3, -0.25) is 4.40 Å². The molecular formula is C26H24ClN5. The van der Waals surface area contributed by atoms with E-state index in [4.69, 9.17) is 21.7 Å². The van der Waals surface area contributed by atoms with Crippen LogP contribution in [-0.2, 0) is 0 Å². The lowest BCUT2D eigenvalue weighted by Crippen LogP contribution is -2.00. The van der Waals surface area contributed by atoms with Crippen LogP contribution in [0.3, 0.4) is 0 Å². The average molecular weight is 442 g/mol. The third kappa shape index (κ3) is 3.45. The van der Waals surface area contributed by atoms with Crippen LogP contribution in [0, 0.1) is 27.7 Å². The van der Waals surface area contributed by atoms with Gasteiger partial charge in [-0.2, -0.15) is 5.10 Å². The van der Waals surface area contributed by atoms with Crippen molar-refractivity contribution in [2.75, 3.05) is 5.32 Å². The number of hydrogen-bond donors (Lipinski definition) is 1. The highest BCUT2D eigenvalue weighted by atomic mass is 35.5. The van der Waals surface area contributed by atoms with Crippen molar-refractivity contribution >= 4 is 28.8 Å². The predicted molar refractivity (Wildman–Crippen MR) is 131 cm³/mol. The highest BCUT2D eigenvalue weighted by Crippen LogP contribution is 2.37. The minimum Gasteiger partial charge on any atom is -0.339 e. The average Bonchev–Trinajstić information content (AvgIpc) is 3.26. The summed E-state index contributed by atoms with van der Waals surface area (Å²) in [6, 6.07) is 20.3. The summed E-state index contributed by atoms with van der Waals surface area (Å²) < 4.78 is 3.98. The third-order valence-electron chi connectivity index (χ3n) is 5.75. The number of fused-ring (bicyclic) bond motifs is 1. The van der Waals surface area contributed by atoms with Gasteiger partial charge in [0.2, 0.25) is 0 Å². The fourth-order valence-corrected chi connectivity index (χ4v) is 4.36. The van der Waals surface area contributed by atoms with Gasteiger partial charge in [0.15, 0.2) is 0 Å². The summed E-state index contributed by atoms with van der Waals surface area (Å²) in [5.74, 6) is 0.869. The molecule has 0 saturated carbocycles. The zero-order chi connectivity index (χ0) is 22.4. The van der Waals surface area contributed by atoms with Gasteiger partial charge in [0.05, 0.1) is 22.1 Å². The molecule has 5 rings (SSSR count). The van der Waals surface area contributed by atoms with E-state index in [-0.39, 0.29) is 0 Å². The number of para-hydroxylation sites is 1. The van der Waals surface area contributed by atoms with Gasteiger partial charge in [0.1, 0.15) is 17.2 Å². The summed E-state index contributed by atoms with van der Waals surface area (Å²) >= 11 is 6.35. The summed E-state index contributed by atoms with van der Waals surface area (Å²) in [6.45, 7) is 8.32. The van der Waals surface area contributed by atoms with Crippen LogP contribution in [0.4, 0.5) is 11.5 Å². The lowest BCUT2D eigenvalue weighted by Gasteiger charge is -2.12. The molecule has 0 radical (unpaired) electrons. The molecule has 1 N–H and O–H groups in total. The smallest absolute Gasteiger partial charge is 0.143 e. The third-order valence-corrected chi connectivity index (χ3v) is 5.97. The molecule has 5 aromatic rings. The molecule has 2 aromatic carbocycles. The van der Waals surface area contributed by atoms with E-state index >= 15 is 0 Å². The lowest BCUT2D eigenvalue weighted by atomic mass is 10.1. The van der Waals surface area contributed by atoms with Crippen molar-refractivity contribution in [1.29, 1.82) is 0 Å². The minimum atomic E-state index is 0.651. The van der Waals surface area contributed by atoms with E-state index in [0.717, 1.165) is 45.5 Å². The quantitative estimate of drug-likeness (QED) is 0.333. The predicted octanol–water partition coefficient (Wildman–Crippen LogP) is 6.82. The molecule has 160 valence electrons. The Hall–Kier alpha value is -3.57. The van der Waals surface area contributed by atoms with Crippen LogP contribution in [-0.4, -0.2) is 19.2 Å². The zero-order valence-electron chi connectivity index (χ0n) is 18.5. The number of pyridine rings is 1. The van der Waals surface area contributed by atoms with Gasteiger partial charge in [-0.15, -0.1) is 0 Å². The Morgan fingerprint density at radius 2 is 1.69 bits per heavy atom. The maximum absolute atomic E-state index is 6.35. The Morgan fingerprint density at radius 1 is 0.906 bits per heavy atom. The van der Waals surface area contributed by atoms with Gasteiger partial charge in [0.25, 0.3) is 0 Å².